The molecule has 0 heterocycles. The molecule has 0 atom stereocenters. The first kappa shape index (κ1) is 16.0. The van der Waals surface area contributed by atoms with Crippen molar-refractivity contribution in [2.75, 3.05) is 34.0 Å². The van der Waals surface area contributed by atoms with Crippen LogP contribution in [-0.2, 0) is 9.53 Å². The number of rotatable bonds is 8. The van der Waals surface area contributed by atoms with Crippen LogP contribution in [0.25, 0.3) is 6.08 Å². The summed E-state index contributed by atoms with van der Waals surface area (Å²) in [5.41, 5.74) is 1.02. The van der Waals surface area contributed by atoms with Crippen LogP contribution in [0.2, 0.25) is 0 Å². The van der Waals surface area contributed by atoms with Gasteiger partial charge in [0, 0.05) is 13.7 Å². The normalized spacial score (nSPS) is 10.6. The van der Waals surface area contributed by atoms with Gasteiger partial charge in [-0.2, -0.15) is 0 Å². The zero-order chi connectivity index (χ0) is 14.8. The smallest absolute Gasteiger partial charge is 0.258 e. The van der Waals surface area contributed by atoms with Gasteiger partial charge < -0.3 is 19.5 Å². The van der Waals surface area contributed by atoms with Gasteiger partial charge in [0.15, 0.2) is 18.1 Å². The molecule has 0 aromatic heterocycles. The molecule has 0 saturated carbocycles. The Morgan fingerprint density at radius 1 is 1.30 bits per heavy atom. The molecule has 0 bridgehead atoms. The van der Waals surface area contributed by atoms with E-state index in [9.17, 15) is 4.79 Å². The second-order valence-corrected chi connectivity index (χ2v) is 4.04. The highest BCUT2D eigenvalue weighted by Gasteiger charge is 2.07. The summed E-state index contributed by atoms with van der Waals surface area (Å²) < 4.78 is 15.5. The molecule has 5 heteroatoms. The lowest BCUT2D eigenvalue weighted by Gasteiger charge is -2.11. The number of amides is 1. The summed E-state index contributed by atoms with van der Waals surface area (Å²) in [5.74, 6) is 0.953. The number of methoxy groups -OCH3 is 2. The average molecular weight is 279 g/mol. The molecule has 0 aliphatic heterocycles. The van der Waals surface area contributed by atoms with Crippen molar-refractivity contribution in [3.8, 4) is 11.5 Å². The SMILES string of the molecule is C/C=C/c1ccc(OCC(=O)NCCOC)c(OC)c1. The van der Waals surface area contributed by atoms with E-state index < -0.39 is 0 Å². The summed E-state index contributed by atoms with van der Waals surface area (Å²) in [4.78, 5) is 11.5. The number of nitrogens with one attached hydrogen (secondary N) is 1. The third kappa shape index (κ3) is 5.32. The van der Waals surface area contributed by atoms with Crippen LogP contribution < -0.4 is 14.8 Å². The molecule has 0 radical (unpaired) electrons. The van der Waals surface area contributed by atoms with Crippen LogP contribution >= 0.6 is 0 Å². The molecule has 0 unspecified atom stereocenters. The van der Waals surface area contributed by atoms with Gasteiger partial charge in [0.1, 0.15) is 0 Å². The molecule has 0 aliphatic carbocycles. The van der Waals surface area contributed by atoms with Crippen LogP contribution in [0.3, 0.4) is 0 Å². The first-order valence-corrected chi connectivity index (χ1v) is 6.40. The molecular formula is C15H21NO4. The Balaban J connectivity index is 2.56. The third-order valence-electron chi connectivity index (χ3n) is 2.53. The van der Waals surface area contributed by atoms with Crippen molar-refractivity contribution < 1.29 is 19.0 Å². The highest BCUT2D eigenvalue weighted by Crippen LogP contribution is 2.28. The fourth-order valence-corrected chi connectivity index (χ4v) is 1.59. The second-order valence-electron chi connectivity index (χ2n) is 4.04. The van der Waals surface area contributed by atoms with E-state index in [0.717, 1.165) is 5.56 Å². The Labute approximate surface area is 119 Å². The Kier molecular flexibility index (Phi) is 7.21. The Hall–Kier alpha value is -2.01. The lowest BCUT2D eigenvalue weighted by molar-refractivity contribution is -0.123. The van der Waals surface area contributed by atoms with E-state index in [2.05, 4.69) is 5.32 Å². The van der Waals surface area contributed by atoms with Gasteiger partial charge >= 0.3 is 0 Å². The number of carbonyl (C=O) groups excluding carboxylic acids is 1. The van der Waals surface area contributed by atoms with Crippen molar-refractivity contribution in [3.05, 3.63) is 29.8 Å². The summed E-state index contributed by atoms with van der Waals surface area (Å²) in [5, 5.41) is 2.68. The second kappa shape index (κ2) is 8.98. The zero-order valence-electron chi connectivity index (χ0n) is 12.1. The number of benzene rings is 1. The monoisotopic (exact) mass is 279 g/mol. The van der Waals surface area contributed by atoms with E-state index in [4.69, 9.17) is 14.2 Å². The van der Waals surface area contributed by atoms with Gasteiger partial charge in [0.25, 0.3) is 5.91 Å². The number of hydrogen-bond acceptors (Lipinski definition) is 4. The summed E-state index contributed by atoms with van der Waals surface area (Å²) in [6.45, 7) is 2.84. The van der Waals surface area contributed by atoms with Crippen molar-refractivity contribution in [1.82, 2.24) is 5.32 Å². The van der Waals surface area contributed by atoms with E-state index in [1.165, 1.54) is 0 Å². The molecule has 1 aromatic rings. The molecule has 1 aromatic carbocycles. The molecular weight excluding hydrogens is 258 g/mol. The summed E-state index contributed by atoms with van der Waals surface area (Å²) in [6.07, 6.45) is 3.91. The van der Waals surface area contributed by atoms with E-state index in [0.29, 0.717) is 24.7 Å². The van der Waals surface area contributed by atoms with E-state index in [-0.39, 0.29) is 12.5 Å². The van der Waals surface area contributed by atoms with Crippen LogP contribution in [0.1, 0.15) is 12.5 Å². The van der Waals surface area contributed by atoms with Crippen LogP contribution in [0.5, 0.6) is 11.5 Å². The quantitative estimate of drug-likeness (QED) is 0.738. The van der Waals surface area contributed by atoms with Gasteiger partial charge in [-0.25, -0.2) is 0 Å². The molecule has 5 nitrogen and oxygen atoms in total. The van der Waals surface area contributed by atoms with Gasteiger partial charge in [-0.05, 0) is 24.6 Å². The molecule has 1 amide bonds. The molecule has 0 fully saturated rings. The first-order chi connectivity index (χ1) is 9.71. The van der Waals surface area contributed by atoms with Gasteiger partial charge in [0.2, 0.25) is 0 Å². The highest BCUT2D eigenvalue weighted by atomic mass is 16.5. The van der Waals surface area contributed by atoms with E-state index >= 15 is 0 Å². The number of carbonyl (C=O) groups is 1. The van der Waals surface area contributed by atoms with Crippen molar-refractivity contribution in [2.24, 2.45) is 0 Å². The maximum Gasteiger partial charge on any atom is 0.258 e. The van der Waals surface area contributed by atoms with Gasteiger partial charge in [-0.1, -0.05) is 18.2 Å². The van der Waals surface area contributed by atoms with Crippen LogP contribution in [0.15, 0.2) is 24.3 Å². The largest absolute Gasteiger partial charge is 0.493 e. The molecule has 110 valence electrons. The predicted octanol–water partition coefficient (Wildman–Crippen LogP) is 1.87. The van der Waals surface area contributed by atoms with Gasteiger partial charge in [-0.3, -0.25) is 4.79 Å². The average Bonchev–Trinajstić information content (AvgIpc) is 2.46. The fraction of sp³-hybridized carbons (Fsp3) is 0.400. The number of allylic oxidation sites excluding steroid dienone is 1. The molecule has 0 saturated heterocycles. The minimum atomic E-state index is -0.193. The summed E-state index contributed by atoms with van der Waals surface area (Å²) in [6, 6.07) is 5.55. The lowest BCUT2D eigenvalue weighted by atomic mass is 10.2. The number of ether oxygens (including phenoxy) is 3. The van der Waals surface area contributed by atoms with Crippen LogP contribution in [-0.4, -0.2) is 39.9 Å². The standard InChI is InChI=1S/C15H21NO4/c1-4-5-12-6-7-13(14(10-12)19-3)20-11-15(17)16-8-9-18-2/h4-7,10H,8-9,11H2,1-3H3,(H,16,17)/b5-4+. The van der Waals surface area contributed by atoms with Crippen molar-refractivity contribution in [3.63, 3.8) is 0 Å². The van der Waals surface area contributed by atoms with Crippen molar-refractivity contribution >= 4 is 12.0 Å². The molecule has 0 spiro atoms. The summed E-state index contributed by atoms with van der Waals surface area (Å²) in [7, 11) is 3.15. The first-order valence-electron chi connectivity index (χ1n) is 6.40. The van der Waals surface area contributed by atoms with Gasteiger partial charge in [0.05, 0.1) is 13.7 Å². The van der Waals surface area contributed by atoms with E-state index in [1.807, 2.05) is 31.2 Å². The topological polar surface area (TPSA) is 56.8 Å². The lowest BCUT2D eigenvalue weighted by Crippen LogP contribution is -2.31. The third-order valence-corrected chi connectivity index (χ3v) is 2.53. The molecule has 1 N–H and O–H groups in total. The fourth-order valence-electron chi connectivity index (χ4n) is 1.59. The minimum Gasteiger partial charge on any atom is -0.493 e. The number of hydrogen-bond donors (Lipinski definition) is 1. The zero-order valence-corrected chi connectivity index (χ0v) is 12.1. The summed E-state index contributed by atoms with van der Waals surface area (Å²) >= 11 is 0. The maximum absolute atomic E-state index is 11.5. The molecule has 20 heavy (non-hydrogen) atoms. The Morgan fingerprint density at radius 3 is 2.75 bits per heavy atom. The highest BCUT2D eigenvalue weighted by molar-refractivity contribution is 5.77. The van der Waals surface area contributed by atoms with Crippen molar-refractivity contribution in [2.45, 2.75) is 6.92 Å². The Bertz CT molecular complexity index is 457. The van der Waals surface area contributed by atoms with Gasteiger partial charge in [-0.15, -0.1) is 0 Å². The van der Waals surface area contributed by atoms with Crippen LogP contribution in [0, 0.1) is 0 Å². The van der Waals surface area contributed by atoms with Crippen LogP contribution in [0.4, 0.5) is 0 Å². The molecule has 1 rings (SSSR count). The van der Waals surface area contributed by atoms with Crippen molar-refractivity contribution in [1.29, 1.82) is 0 Å². The molecule has 0 aliphatic rings. The predicted molar refractivity (Wildman–Crippen MR) is 78.1 cm³/mol. The maximum atomic E-state index is 11.5. The van der Waals surface area contributed by atoms with E-state index in [1.54, 1.807) is 20.3 Å². The minimum absolute atomic E-state index is 0.0525. The Morgan fingerprint density at radius 2 is 2.10 bits per heavy atom.